The summed E-state index contributed by atoms with van der Waals surface area (Å²) in [6.45, 7) is 4.55. The minimum atomic E-state index is -0.312. The van der Waals surface area contributed by atoms with Crippen LogP contribution in [0.4, 0.5) is 8.78 Å². The molecule has 2 aromatic carbocycles. The molecule has 3 rings (SSSR count). The normalized spacial score (nSPS) is 12.5. The molecule has 1 aromatic heterocycles. The van der Waals surface area contributed by atoms with Crippen molar-refractivity contribution >= 4 is 0 Å². The van der Waals surface area contributed by atoms with Gasteiger partial charge in [-0.2, -0.15) is 4.98 Å². The molecule has 25 heavy (non-hydrogen) atoms. The van der Waals surface area contributed by atoms with E-state index in [0.717, 1.165) is 5.56 Å². The molecular formula is C19H19F2N3O. The Labute approximate surface area is 144 Å². The van der Waals surface area contributed by atoms with Gasteiger partial charge < -0.3 is 9.84 Å². The number of rotatable bonds is 6. The predicted molar refractivity (Wildman–Crippen MR) is 90.5 cm³/mol. The van der Waals surface area contributed by atoms with Crippen LogP contribution in [0.5, 0.6) is 0 Å². The lowest BCUT2D eigenvalue weighted by atomic mass is 9.96. The van der Waals surface area contributed by atoms with Crippen LogP contribution in [0.1, 0.15) is 31.3 Å². The van der Waals surface area contributed by atoms with E-state index >= 15 is 0 Å². The molecule has 1 unspecified atom stereocenters. The van der Waals surface area contributed by atoms with Gasteiger partial charge in [-0.25, -0.2) is 8.78 Å². The fraction of sp³-hybridized carbons (Fsp3) is 0.263. The Bertz CT molecular complexity index is 813. The first-order valence-corrected chi connectivity index (χ1v) is 8.10. The Morgan fingerprint density at radius 3 is 2.16 bits per heavy atom. The van der Waals surface area contributed by atoms with Gasteiger partial charge in [-0.15, -0.1) is 0 Å². The largest absolute Gasteiger partial charge is 0.338 e. The summed E-state index contributed by atoms with van der Waals surface area (Å²) in [5, 5.41) is 7.29. The molecule has 0 amide bonds. The summed E-state index contributed by atoms with van der Waals surface area (Å²) in [5.74, 6) is 0.581. The van der Waals surface area contributed by atoms with Gasteiger partial charge in [0.1, 0.15) is 11.6 Å². The highest BCUT2D eigenvalue weighted by molar-refractivity contribution is 5.53. The molecule has 4 nitrogen and oxygen atoms in total. The summed E-state index contributed by atoms with van der Waals surface area (Å²) in [6.07, 6.45) is 0. The molecular weight excluding hydrogens is 324 g/mol. The number of benzene rings is 2. The van der Waals surface area contributed by atoms with Crippen molar-refractivity contribution in [3.05, 3.63) is 71.6 Å². The van der Waals surface area contributed by atoms with Crippen molar-refractivity contribution < 1.29 is 13.3 Å². The third kappa shape index (κ3) is 4.28. The summed E-state index contributed by atoms with van der Waals surface area (Å²) in [7, 11) is 0. The van der Waals surface area contributed by atoms with Gasteiger partial charge in [0, 0.05) is 11.6 Å². The van der Waals surface area contributed by atoms with Gasteiger partial charge in [0.05, 0.1) is 6.54 Å². The monoisotopic (exact) mass is 343 g/mol. The Morgan fingerprint density at radius 2 is 1.56 bits per heavy atom. The quantitative estimate of drug-likeness (QED) is 0.716. The van der Waals surface area contributed by atoms with Crippen molar-refractivity contribution in [2.45, 2.75) is 26.4 Å². The van der Waals surface area contributed by atoms with Crippen molar-refractivity contribution in [1.82, 2.24) is 15.5 Å². The number of hydrogen-bond donors (Lipinski definition) is 1. The van der Waals surface area contributed by atoms with Crippen molar-refractivity contribution in [2.24, 2.45) is 5.92 Å². The number of halogens is 2. The lowest BCUT2D eigenvalue weighted by molar-refractivity contribution is 0.337. The Kier molecular flexibility index (Phi) is 5.19. The fourth-order valence-electron chi connectivity index (χ4n) is 2.65. The average molecular weight is 343 g/mol. The molecule has 0 aliphatic heterocycles. The number of hydrogen-bond acceptors (Lipinski definition) is 4. The third-order valence-electron chi connectivity index (χ3n) is 3.94. The molecule has 0 spiro atoms. The molecule has 0 aliphatic rings. The summed E-state index contributed by atoms with van der Waals surface area (Å²) < 4.78 is 31.4. The number of aromatic nitrogens is 2. The van der Waals surface area contributed by atoms with Gasteiger partial charge in [0.15, 0.2) is 0 Å². The van der Waals surface area contributed by atoms with E-state index in [1.807, 2.05) is 0 Å². The smallest absolute Gasteiger partial charge is 0.240 e. The van der Waals surface area contributed by atoms with Crippen molar-refractivity contribution in [2.75, 3.05) is 0 Å². The molecule has 0 saturated heterocycles. The van der Waals surface area contributed by atoms with Gasteiger partial charge >= 0.3 is 0 Å². The predicted octanol–water partition coefficient (Wildman–Crippen LogP) is 4.50. The Morgan fingerprint density at radius 1 is 0.960 bits per heavy atom. The van der Waals surface area contributed by atoms with E-state index in [-0.39, 0.29) is 17.7 Å². The van der Waals surface area contributed by atoms with Gasteiger partial charge in [-0.1, -0.05) is 31.1 Å². The van der Waals surface area contributed by atoms with Gasteiger partial charge in [-0.05, 0) is 47.9 Å². The van der Waals surface area contributed by atoms with Crippen LogP contribution in [0.25, 0.3) is 11.4 Å². The Balaban J connectivity index is 1.69. The van der Waals surface area contributed by atoms with Crippen LogP contribution in [0, 0.1) is 17.6 Å². The van der Waals surface area contributed by atoms with E-state index in [1.54, 1.807) is 24.3 Å². The zero-order valence-electron chi connectivity index (χ0n) is 14.0. The maximum atomic E-state index is 13.1. The van der Waals surface area contributed by atoms with Crippen LogP contribution in [0.2, 0.25) is 0 Å². The molecule has 1 atom stereocenters. The van der Waals surface area contributed by atoms with Crippen molar-refractivity contribution in [1.29, 1.82) is 0 Å². The SMILES string of the molecule is CC(C)C(NCc1nc(-c2ccc(F)cc2)no1)c1ccc(F)cc1. The van der Waals surface area contributed by atoms with Gasteiger partial charge in [0.2, 0.25) is 11.7 Å². The zero-order valence-corrected chi connectivity index (χ0v) is 14.0. The summed E-state index contributed by atoms with van der Waals surface area (Å²) >= 11 is 0. The highest BCUT2D eigenvalue weighted by atomic mass is 19.1. The molecule has 0 aliphatic carbocycles. The minimum Gasteiger partial charge on any atom is -0.338 e. The fourth-order valence-corrected chi connectivity index (χ4v) is 2.65. The van der Waals surface area contributed by atoms with E-state index in [2.05, 4.69) is 29.3 Å². The van der Waals surface area contributed by atoms with Crippen LogP contribution >= 0.6 is 0 Å². The highest BCUT2D eigenvalue weighted by Crippen LogP contribution is 2.23. The molecule has 6 heteroatoms. The van der Waals surface area contributed by atoms with E-state index < -0.39 is 0 Å². The highest BCUT2D eigenvalue weighted by Gasteiger charge is 2.17. The van der Waals surface area contributed by atoms with Crippen molar-refractivity contribution in [3.63, 3.8) is 0 Å². The molecule has 130 valence electrons. The second-order valence-electron chi connectivity index (χ2n) is 6.17. The molecule has 0 bridgehead atoms. The van der Waals surface area contributed by atoms with Crippen LogP contribution in [-0.4, -0.2) is 10.1 Å². The van der Waals surface area contributed by atoms with E-state index in [9.17, 15) is 8.78 Å². The second-order valence-corrected chi connectivity index (χ2v) is 6.17. The topological polar surface area (TPSA) is 51.0 Å². The second kappa shape index (κ2) is 7.53. The standard InChI is InChI=1S/C19H19F2N3O/c1-12(2)18(13-3-7-15(20)8-4-13)22-11-17-23-19(24-25-17)14-5-9-16(21)10-6-14/h3-10,12,18,22H,11H2,1-2H3. The van der Waals surface area contributed by atoms with Crippen LogP contribution in [0.15, 0.2) is 53.1 Å². The first-order chi connectivity index (χ1) is 12.0. The summed E-state index contributed by atoms with van der Waals surface area (Å²) in [6, 6.07) is 12.4. The number of nitrogens with one attached hydrogen (secondary N) is 1. The van der Waals surface area contributed by atoms with E-state index in [4.69, 9.17) is 4.52 Å². The van der Waals surface area contributed by atoms with Crippen molar-refractivity contribution in [3.8, 4) is 11.4 Å². The molecule has 0 radical (unpaired) electrons. The average Bonchev–Trinajstić information content (AvgIpc) is 3.06. The minimum absolute atomic E-state index is 0.0294. The summed E-state index contributed by atoms with van der Waals surface area (Å²) in [5.41, 5.74) is 1.69. The maximum Gasteiger partial charge on any atom is 0.240 e. The summed E-state index contributed by atoms with van der Waals surface area (Å²) in [4.78, 5) is 4.33. The van der Waals surface area contributed by atoms with Crippen LogP contribution < -0.4 is 5.32 Å². The van der Waals surface area contributed by atoms with Gasteiger partial charge in [0.25, 0.3) is 0 Å². The molecule has 3 aromatic rings. The van der Waals surface area contributed by atoms with Gasteiger partial charge in [-0.3, -0.25) is 0 Å². The maximum absolute atomic E-state index is 13.1. The molecule has 1 N–H and O–H groups in total. The molecule has 0 saturated carbocycles. The number of nitrogens with zero attached hydrogens (tertiary/aromatic N) is 2. The molecule has 1 heterocycles. The van der Waals surface area contributed by atoms with Crippen LogP contribution in [-0.2, 0) is 6.54 Å². The van der Waals surface area contributed by atoms with Crippen LogP contribution in [0.3, 0.4) is 0 Å². The van der Waals surface area contributed by atoms with E-state index in [0.29, 0.717) is 29.7 Å². The molecule has 0 fully saturated rings. The lowest BCUT2D eigenvalue weighted by Gasteiger charge is -2.22. The van der Waals surface area contributed by atoms with E-state index in [1.165, 1.54) is 24.3 Å². The zero-order chi connectivity index (χ0) is 17.8. The first kappa shape index (κ1) is 17.2. The third-order valence-corrected chi connectivity index (χ3v) is 3.94. The first-order valence-electron chi connectivity index (χ1n) is 8.10. The Hall–Kier alpha value is -2.60. The lowest BCUT2D eigenvalue weighted by Crippen LogP contribution is -2.25.